The maximum absolute atomic E-state index is 12.7. The van der Waals surface area contributed by atoms with Gasteiger partial charge in [-0.3, -0.25) is 14.4 Å². The average Bonchev–Trinajstić information content (AvgIpc) is 2.71. The molecule has 0 spiro atoms. The third-order valence-electron chi connectivity index (χ3n) is 4.08. The van der Waals surface area contributed by atoms with E-state index in [2.05, 4.69) is 10.6 Å². The summed E-state index contributed by atoms with van der Waals surface area (Å²) in [6.07, 6.45) is -3.95. The van der Waals surface area contributed by atoms with Crippen LogP contribution in [0.25, 0.3) is 0 Å². The highest BCUT2D eigenvalue weighted by Crippen LogP contribution is 2.29. The van der Waals surface area contributed by atoms with Crippen LogP contribution in [0.2, 0.25) is 0 Å². The maximum atomic E-state index is 12.7. The van der Waals surface area contributed by atoms with Crippen LogP contribution in [0.15, 0.2) is 54.6 Å². The third kappa shape index (κ3) is 6.91. The number of anilines is 1. The number of benzene rings is 2. The van der Waals surface area contributed by atoms with Crippen LogP contribution >= 0.6 is 0 Å². The minimum Gasteiger partial charge on any atom is -0.345 e. The van der Waals surface area contributed by atoms with Gasteiger partial charge in [0.2, 0.25) is 11.8 Å². The summed E-state index contributed by atoms with van der Waals surface area (Å²) in [4.78, 5) is 37.9. The van der Waals surface area contributed by atoms with Gasteiger partial charge in [0.25, 0.3) is 5.91 Å². The van der Waals surface area contributed by atoms with Crippen molar-refractivity contribution in [2.75, 3.05) is 25.0 Å². The van der Waals surface area contributed by atoms with Crippen molar-refractivity contribution in [3.63, 3.8) is 0 Å². The van der Waals surface area contributed by atoms with Gasteiger partial charge in [0.05, 0.1) is 18.7 Å². The lowest BCUT2D eigenvalue weighted by atomic mass is 10.1. The predicted molar refractivity (Wildman–Crippen MR) is 106 cm³/mol. The number of carbonyl (C=O) groups excluding carboxylic acids is 3. The lowest BCUT2D eigenvalue weighted by Gasteiger charge is -2.22. The van der Waals surface area contributed by atoms with E-state index >= 15 is 0 Å². The van der Waals surface area contributed by atoms with Crippen LogP contribution in [0.5, 0.6) is 0 Å². The second-order valence-electron chi connectivity index (χ2n) is 6.49. The average molecular weight is 421 g/mol. The van der Waals surface area contributed by atoms with Gasteiger partial charge in [-0.2, -0.15) is 13.2 Å². The molecule has 160 valence electrons. The van der Waals surface area contributed by atoms with Crippen LogP contribution < -0.4 is 10.6 Å². The molecule has 0 aliphatic rings. The smallest absolute Gasteiger partial charge is 0.345 e. The molecule has 0 aromatic heterocycles. The minimum atomic E-state index is -4.50. The summed E-state index contributed by atoms with van der Waals surface area (Å²) in [5, 5.41) is 5.05. The van der Waals surface area contributed by atoms with Gasteiger partial charge in [-0.15, -0.1) is 0 Å². The number of halogens is 3. The number of hydrogen-bond acceptors (Lipinski definition) is 3. The van der Waals surface area contributed by atoms with Gasteiger partial charge < -0.3 is 15.5 Å². The molecular formula is C21H22F3N3O3. The topological polar surface area (TPSA) is 78.5 Å². The summed E-state index contributed by atoms with van der Waals surface area (Å²) in [5.41, 5.74) is -0.226. The largest absolute Gasteiger partial charge is 0.416 e. The van der Waals surface area contributed by atoms with Crippen molar-refractivity contribution < 1.29 is 27.6 Å². The second-order valence-corrected chi connectivity index (χ2v) is 6.49. The number of nitrogens with one attached hydrogen (secondary N) is 2. The molecule has 0 radical (unpaired) electrons. The fourth-order valence-corrected chi connectivity index (χ4v) is 2.64. The van der Waals surface area contributed by atoms with E-state index in [4.69, 9.17) is 0 Å². The summed E-state index contributed by atoms with van der Waals surface area (Å²) in [7, 11) is 0. The molecule has 0 saturated carbocycles. The molecule has 3 amide bonds. The first-order valence-electron chi connectivity index (χ1n) is 9.29. The molecule has 0 aliphatic carbocycles. The fourth-order valence-electron chi connectivity index (χ4n) is 2.64. The molecule has 30 heavy (non-hydrogen) atoms. The SMILES string of the molecule is CCCN(CC(=O)NCC(=O)Nc1ccccc1)C(=O)c1ccc(C(F)(F)F)cc1. The number of para-hydroxylation sites is 1. The summed E-state index contributed by atoms with van der Waals surface area (Å²) in [5.74, 6) is -1.54. The summed E-state index contributed by atoms with van der Waals surface area (Å²) < 4.78 is 38.0. The Morgan fingerprint density at radius 1 is 0.933 bits per heavy atom. The van der Waals surface area contributed by atoms with Crippen LogP contribution in [-0.2, 0) is 15.8 Å². The fraction of sp³-hybridized carbons (Fsp3) is 0.286. The summed E-state index contributed by atoms with van der Waals surface area (Å²) in [6.45, 7) is 1.45. The van der Waals surface area contributed by atoms with Gasteiger partial charge >= 0.3 is 6.18 Å². The number of hydrogen-bond donors (Lipinski definition) is 2. The van der Waals surface area contributed by atoms with Crippen LogP contribution in [0.4, 0.5) is 18.9 Å². The highest BCUT2D eigenvalue weighted by Gasteiger charge is 2.30. The van der Waals surface area contributed by atoms with Crippen molar-refractivity contribution in [2.24, 2.45) is 0 Å². The van der Waals surface area contributed by atoms with E-state index in [1.165, 1.54) is 4.90 Å². The zero-order valence-corrected chi connectivity index (χ0v) is 16.3. The standard InChI is InChI=1S/C21H22F3N3O3/c1-2-12-27(20(30)15-8-10-16(11-9-15)21(22,23)24)14-19(29)25-13-18(28)26-17-6-4-3-5-7-17/h3-11H,2,12-14H2,1H3,(H,25,29)(H,26,28). The highest BCUT2D eigenvalue weighted by atomic mass is 19.4. The normalized spacial score (nSPS) is 10.9. The number of alkyl halides is 3. The maximum Gasteiger partial charge on any atom is 0.416 e. The van der Waals surface area contributed by atoms with E-state index in [9.17, 15) is 27.6 Å². The van der Waals surface area contributed by atoms with Gasteiger partial charge in [-0.25, -0.2) is 0 Å². The molecule has 2 rings (SSSR count). The van der Waals surface area contributed by atoms with Crippen LogP contribution in [0.3, 0.4) is 0 Å². The molecule has 2 aromatic carbocycles. The Hall–Kier alpha value is -3.36. The van der Waals surface area contributed by atoms with Crippen molar-refractivity contribution in [1.29, 1.82) is 0 Å². The van der Waals surface area contributed by atoms with E-state index < -0.39 is 29.5 Å². The van der Waals surface area contributed by atoms with E-state index in [0.717, 1.165) is 24.3 Å². The molecule has 0 heterocycles. The molecule has 9 heteroatoms. The van der Waals surface area contributed by atoms with E-state index in [1.807, 2.05) is 0 Å². The number of rotatable bonds is 8. The van der Waals surface area contributed by atoms with E-state index in [-0.39, 0.29) is 25.2 Å². The molecule has 0 aliphatic heterocycles. The molecule has 0 unspecified atom stereocenters. The van der Waals surface area contributed by atoms with E-state index in [1.54, 1.807) is 37.3 Å². The Balaban J connectivity index is 1.92. The monoisotopic (exact) mass is 421 g/mol. The van der Waals surface area contributed by atoms with E-state index in [0.29, 0.717) is 12.1 Å². The summed E-state index contributed by atoms with van der Waals surface area (Å²) in [6, 6.07) is 12.5. The Kier molecular flexibility index (Phi) is 7.97. The lowest BCUT2D eigenvalue weighted by Crippen LogP contribution is -2.43. The first kappa shape index (κ1) is 22.9. The van der Waals surface area contributed by atoms with Gasteiger partial charge in [-0.1, -0.05) is 25.1 Å². The zero-order chi connectivity index (χ0) is 22.1. The molecule has 2 aromatic rings. The Bertz CT molecular complexity index is 869. The van der Waals surface area contributed by atoms with Crippen molar-refractivity contribution in [2.45, 2.75) is 19.5 Å². The molecular weight excluding hydrogens is 399 g/mol. The van der Waals surface area contributed by atoms with Gasteiger partial charge in [0.15, 0.2) is 0 Å². The molecule has 2 N–H and O–H groups in total. The molecule has 6 nitrogen and oxygen atoms in total. The Morgan fingerprint density at radius 2 is 1.57 bits per heavy atom. The number of amides is 3. The van der Waals surface area contributed by atoms with Gasteiger partial charge in [0.1, 0.15) is 0 Å². The predicted octanol–water partition coefficient (Wildman–Crippen LogP) is 3.31. The quantitative estimate of drug-likeness (QED) is 0.687. The van der Waals surface area contributed by atoms with Gasteiger partial charge in [0, 0.05) is 17.8 Å². The second kappa shape index (κ2) is 10.4. The Labute approximate surface area is 172 Å². The Morgan fingerprint density at radius 3 is 2.13 bits per heavy atom. The van der Waals surface area contributed by atoms with Crippen molar-refractivity contribution >= 4 is 23.4 Å². The number of nitrogens with zero attached hydrogens (tertiary/aromatic N) is 1. The molecule has 0 atom stereocenters. The zero-order valence-electron chi connectivity index (χ0n) is 16.3. The van der Waals surface area contributed by atoms with Crippen molar-refractivity contribution in [3.8, 4) is 0 Å². The summed E-state index contributed by atoms with van der Waals surface area (Å²) >= 11 is 0. The minimum absolute atomic E-state index is 0.0473. The van der Waals surface area contributed by atoms with Crippen LogP contribution in [-0.4, -0.2) is 42.3 Å². The molecule has 0 bridgehead atoms. The van der Waals surface area contributed by atoms with Crippen LogP contribution in [0, 0.1) is 0 Å². The third-order valence-corrected chi connectivity index (χ3v) is 4.08. The first-order valence-corrected chi connectivity index (χ1v) is 9.29. The van der Waals surface area contributed by atoms with Crippen molar-refractivity contribution in [3.05, 3.63) is 65.7 Å². The van der Waals surface area contributed by atoms with Gasteiger partial charge in [-0.05, 0) is 42.8 Å². The number of carbonyl (C=O) groups is 3. The lowest BCUT2D eigenvalue weighted by molar-refractivity contribution is -0.137. The van der Waals surface area contributed by atoms with Crippen LogP contribution in [0.1, 0.15) is 29.3 Å². The first-order chi connectivity index (χ1) is 14.2. The molecule has 0 saturated heterocycles. The highest BCUT2D eigenvalue weighted by molar-refractivity contribution is 5.98. The molecule has 0 fully saturated rings. The van der Waals surface area contributed by atoms with Crippen molar-refractivity contribution in [1.82, 2.24) is 10.2 Å².